The minimum atomic E-state index is -1.43. The predicted molar refractivity (Wildman–Crippen MR) is 67.6 cm³/mol. The number of anilines is 1. The van der Waals surface area contributed by atoms with Gasteiger partial charge in [0.15, 0.2) is 0 Å². The van der Waals surface area contributed by atoms with E-state index in [1.807, 2.05) is 59.5 Å². The Labute approximate surface area is 99.1 Å². The zero-order chi connectivity index (χ0) is 12.6. The molecule has 0 amide bonds. The molecule has 1 aliphatic rings. The number of nitrogens with zero attached hydrogens (tertiary/aromatic N) is 1. The van der Waals surface area contributed by atoms with Gasteiger partial charge < -0.3 is 4.90 Å². The third-order valence-electron chi connectivity index (χ3n) is 2.95. The van der Waals surface area contributed by atoms with Crippen LogP contribution in [0.2, 0.25) is 0 Å². The first-order valence-electron chi connectivity index (χ1n) is 6.61. The van der Waals surface area contributed by atoms with E-state index in [4.69, 9.17) is 2.74 Å². The maximum atomic E-state index is 8.40. The first-order chi connectivity index (χ1) is 8.69. The van der Waals surface area contributed by atoms with Gasteiger partial charge in [0.05, 0.1) is 2.74 Å². The fourth-order valence-electron chi connectivity index (χ4n) is 2.08. The van der Waals surface area contributed by atoms with Gasteiger partial charge in [0.2, 0.25) is 0 Å². The lowest BCUT2D eigenvalue weighted by atomic mass is 9.99. The molecule has 0 unspecified atom stereocenters. The summed E-state index contributed by atoms with van der Waals surface area (Å²) in [6.45, 7) is -0.718. The first kappa shape index (κ1) is 7.50. The van der Waals surface area contributed by atoms with Crippen LogP contribution in [-0.2, 0) is 12.9 Å². The SMILES string of the molecule is [2H]C1([2H])c2ccccc2CCN1c1ccccc1. The van der Waals surface area contributed by atoms with Crippen LogP contribution < -0.4 is 4.90 Å². The summed E-state index contributed by atoms with van der Waals surface area (Å²) in [6.07, 6.45) is 0.893. The zero-order valence-electron chi connectivity index (χ0n) is 11.1. The smallest absolute Gasteiger partial charge is 0.0544 e. The summed E-state index contributed by atoms with van der Waals surface area (Å²) in [5.74, 6) is 0. The Kier molecular flexibility index (Phi) is 1.88. The number of fused-ring (bicyclic) bond motifs is 1. The molecule has 16 heavy (non-hydrogen) atoms. The largest absolute Gasteiger partial charge is 0.367 e. The Morgan fingerprint density at radius 3 is 2.38 bits per heavy atom. The molecule has 0 spiro atoms. The van der Waals surface area contributed by atoms with Crippen molar-refractivity contribution in [3.63, 3.8) is 0 Å². The van der Waals surface area contributed by atoms with Gasteiger partial charge in [0.25, 0.3) is 0 Å². The molecule has 1 heterocycles. The van der Waals surface area contributed by atoms with E-state index < -0.39 is 6.50 Å². The number of benzene rings is 2. The predicted octanol–water partition coefficient (Wildman–Crippen LogP) is 3.25. The third kappa shape index (κ3) is 1.69. The van der Waals surface area contributed by atoms with Gasteiger partial charge >= 0.3 is 0 Å². The molecule has 1 nitrogen and oxygen atoms in total. The molecule has 80 valence electrons. The minimum absolute atomic E-state index is 0.716. The van der Waals surface area contributed by atoms with Crippen LogP contribution in [0.5, 0.6) is 0 Å². The standard InChI is InChI=1S/C15H15N/c1-2-8-15(9-3-1)16-11-10-13-6-4-5-7-14(13)12-16/h1-9H,10-12H2/i12D2. The van der Waals surface area contributed by atoms with E-state index in [-0.39, 0.29) is 0 Å². The summed E-state index contributed by atoms with van der Waals surface area (Å²) < 4.78 is 16.8. The second kappa shape index (κ2) is 4.01. The molecule has 0 bridgehead atoms. The normalized spacial score (nSPS) is 19.6. The molecule has 1 heteroatoms. The van der Waals surface area contributed by atoms with Gasteiger partial charge in [-0.3, -0.25) is 0 Å². The summed E-state index contributed by atoms with van der Waals surface area (Å²) in [5.41, 5.74) is 2.85. The van der Waals surface area contributed by atoms with E-state index in [0.29, 0.717) is 6.54 Å². The topological polar surface area (TPSA) is 3.24 Å². The quantitative estimate of drug-likeness (QED) is 0.700. The summed E-state index contributed by atoms with van der Waals surface area (Å²) in [7, 11) is 0. The Bertz CT molecular complexity index is 551. The number of para-hydroxylation sites is 1. The highest BCUT2D eigenvalue weighted by atomic mass is 15.1. The average molecular weight is 211 g/mol. The lowest BCUT2D eigenvalue weighted by Gasteiger charge is -2.30. The number of rotatable bonds is 1. The second-order valence-corrected chi connectivity index (χ2v) is 4.01. The second-order valence-electron chi connectivity index (χ2n) is 4.01. The maximum absolute atomic E-state index is 8.40. The van der Waals surface area contributed by atoms with E-state index in [9.17, 15) is 0 Å². The Balaban J connectivity index is 2.06. The zero-order valence-corrected chi connectivity index (χ0v) is 9.06. The van der Waals surface area contributed by atoms with Crippen molar-refractivity contribution in [2.45, 2.75) is 12.9 Å². The van der Waals surface area contributed by atoms with Gasteiger partial charge in [-0.2, -0.15) is 0 Å². The summed E-state index contributed by atoms with van der Waals surface area (Å²) in [6, 6.07) is 17.6. The fraction of sp³-hybridized carbons (Fsp3) is 0.200. The van der Waals surface area contributed by atoms with Crippen LogP contribution in [0.1, 0.15) is 13.9 Å². The molecule has 0 aromatic heterocycles. The van der Waals surface area contributed by atoms with Gasteiger partial charge in [0.1, 0.15) is 0 Å². The van der Waals surface area contributed by atoms with Gasteiger partial charge in [0, 0.05) is 18.7 Å². The number of hydrogen-bond acceptors (Lipinski definition) is 1. The molecule has 0 aliphatic carbocycles. The fourth-order valence-corrected chi connectivity index (χ4v) is 2.08. The number of hydrogen-bond donors (Lipinski definition) is 0. The molecule has 0 fully saturated rings. The molecule has 1 aliphatic heterocycles. The van der Waals surface area contributed by atoms with Crippen molar-refractivity contribution < 1.29 is 2.74 Å². The van der Waals surface area contributed by atoms with Gasteiger partial charge in [-0.25, -0.2) is 0 Å². The van der Waals surface area contributed by atoms with E-state index in [1.165, 1.54) is 0 Å². The van der Waals surface area contributed by atoms with Crippen LogP contribution >= 0.6 is 0 Å². The van der Waals surface area contributed by atoms with Crippen LogP contribution in [0.15, 0.2) is 54.6 Å². The van der Waals surface area contributed by atoms with E-state index in [1.54, 1.807) is 0 Å². The van der Waals surface area contributed by atoms with Crippen LogP contribution in [0.25, 0.3) is 0 Å². The summed E-state index contributed by atoms with van der Waals surface area (Å²) in [4.78, 5) is 1.84. The molecule has 3 rings (SSSR count). The molecule has 2 aromatic carbocycles. The third-order valence-corrected chi connectivity index (χ3v) is 2.95. The molecule has 0 N–H and O–H groups in total. The van der Waals surface area contributed by atoms with Crippen molar-refractivity contribution in [3.05, 3.63) is 65.7 Å². The maximum Gasteiger partial charge on any atom is 0.0544 e. The minimum Gasteiger partial charge on any atom is -0.367 e. The van der Waals surface area contributed by atoms with Crippen molar-refractivity contribution in [1.29, 1.82) is 0 Å². The monoisotopic (exact) mass is 211 g/mol. The van der Waals surface area contributed by atoms with E-state index in [0.717, 1.165) is 23.2 Å². The van der Waals surface area contributed by atoms with Crippen molar-refractivity contribution in [1.82, 2.24) is 0 Å². The van der Waals surface area contributed by atoms with Crippen LogP contribution in [0.4, 0.5) is 5.69 Å². The van der Waals surface area contributed by atoms with Crippen LogP contribution in [0.3, 0.4) is 0 Å². The van der Waals surface area contributed by atoms with Gasteiger partial charge in [-0.05, 0) is 29.7 Å². The molecule has 0 saturated heterocycles. The van der Waals surface area contributed by atoms with Crippen molar-refractivity contribution in [2.75, 3.05) is 11.4 Å². The molecule has 0 saturated carbocycles. The average Bonchev–Trinajstić information content (AvgIpc) is 2.40. The van der Waals surface area contributed by atoms with Crippen LogP contribution in [-0.4, -0.2) is 6.54 Å². The van der Waals surface area contributed by atoms with Crippen LogP contribution in [0, 0.1) is 0 Å². The Hall–Kier alpha value is -1.76. The van der Waals surface area contributed by atoms with Gasteiger partial charge in [-0.1, -0.05) is 42.5 Å². The van der Waals surface area contributed by atoms with Crippen molar-refractivity contribution in [3.8, 4) is 0 Å². The highest BCUT2D eigenvalue weighted by Gasteiger charge is 2.15. The molecule has 0 radical (unpaired) electrons. The Morgan fingerprint density at radius 2 is 1.56 bits per heavy atom. The summed E-state index contributed by atoms with van der Waals surface area (Å²) in [5, 5.41) is 0. The lowest BCUT2D eigenvalue weighted by Crippen LogP contribution is -2.30. The Morgan fingerprint density at radius 1 is 0.875 bits per heavy atom. The van der Waals surface area contributed by atoms with E-state index >= 15 is 0 Å². The molecule has 2 aromatic rings. The first-order valence-corrected chi connectivity index (χ1v) is 5.61. The molecular formula is C15H15N. The lowest BCUT2D eigenvalue weighted by molar-refractivity contribution is 0.732. The molecule has 0 atom stereocenters. The van der Waals surface area contributed by atoms with Crippen molar-refractivity contribution >= 4 is 5.69 Å². The van der Waals surface area contributed by atoms with Crippen molar-refractivity contribution in [2.24, 2.45) is 0 Å². The highest BCUT2D eigenvalue weighted by Crippen LogP contribution is 2.23. The molecular weight excluding hydrogens is 194 g/mol. The van der Waals surface area contributed by atoms with E-state index in [2.05, 4.69) is 0 Å². The summed E-state index contributed by atoms with van der Waals surface area (Å²) >= 11 is 0. The van der Waals surface area contributed by atoms with Gasteiger partial charge in [-0.15, -0.1) is 0 Å². The highest BCUT2D eigenvalue weighted by molar-refractivity contribution is 5.49.